The zero-order valence-electron chi connectivity index (χ0n) is 11.8. The van der Waals surface area contributed by atoms with Gasteiger partial charge in [-0.05, 0) is 22.8 Å². The summed E-state index contributed by atoms with van der Waals surface area (Å²) in [5.41, 5.74) is 0. The Hall–Kier alpha value is -0.970. The SMILES string of the molecule is [O]Cc1nnnn1CCCCCCC1CCCCC1. The zero-order chi connectivity index (χ0) is 13.3. The maximum Gasteiger partial charge on any atom is 0.180 e. The quantitative estimate of drug-likeness (QED) is 0.678. The summed E-state index contributed by atoms with van der Waals surface area (Å²) >= 11 is 0. The third-order valence-electron chi connectivity index (χ3n) is 4.19. The zero-order valence-corrected chi connectivity index (χ0v) is 11.8. The summed E-state index contributed by atoms with van der Waals surface area (Å²) in [6.45, 7) is 0.461. The molecule has 19 heavy (non-hydrogen) atoms. The smallest absolute Gasteiger partial charge is 0.180 e. The molecule has 0 aromatic carbocycles. The number of hydrogen-bond donors (Lipinski definition) is 0. The molecule has 1 fully saturated rings. The highest BCUT2D eigenvalue weighted by Gasteiger charge is 2.12. The number of hydrogen-bond acceptors (Lipinski definition) is 3. The van der Waals surface area contributed by atoms with Crippen LogP contribution in [0.2, 0.25) is 0 Å². The molecule has 5 nitrogen and oxygen atoms in total. The van der Waals surface area contributed by atoms with Crippen LogP contribution in [-0.4, -0.2) is 20.2 Å². The molecule has 0 spiro atoms. The van der Waals surface area contributed by atoms with Gasteiger partial charge >= 0.3 is 0 Å². The van der Waals surface area contributed by atoms with Gasteiger partial charge in [0.15, 0.2) is 5.82 Å². The molecule has 0 saturated heterocycles. The predicted molar refractivity (Wildman–Crippen MR) is 71.9 cm³/mol. The number of tetrazole rings is 1. The standard InChI is InChI=1S/C14H25N4O/c19-12-14-15-16-17-18(14)11-7-2-1-4-8-13-9-5-3-6-10-13/h13H,1-12H2. The molecule has 0 bridgehead atoms. The number of nitrogens with zero attached hydrogens (tertiary/aromatic N) is 4. The van der Waals surface area contributed by atoms with E-state index in [4.69, 9.17) is 0 Å². The third-order valence-corrected chi connectivity index (χ3v) is 4.19. The number of rotatable bonds is 8. The van der Waals surface area contributed by atoms with Crippen LogP contribution in [0, 0.1) is 5.92 Å². The highest BCUT2D eigenvalue weighted by Crippen LogP contribution is 2.27. The van der Waals surface area contributed by atoms with Crippen molar-refractivity contribution in [1.82, 2.24) is 20.2 Å². The Morgan fingerprint density at radius 1 is 1.05 bits per heavy atom. The van der Waals surface area contributed by atoms with E-state index in [-0.39, 0.29) is 6.61 Å². The lowest BCUT2D eigenvalue weighted by molar-refractivity contribution is 0.164. The number of aryl methyl sites for hydroxylation is 1. The Balaban J connectivity index is 1.50. The normalized spacial score (nSPS) is 16.9. The van der Waals surface area contributed by atoms with E-state index in [1.807, 2.05) is 0 Å². The minimum atomic E-state index is -0.325. The van der Waals surface area contributed by atoms with Crippen LogP contribution in [-0.2, 0) is 18.3 Å². The molecule has 2 rings (SSSR count). The topological polar surface area (TPSA) is 63.5 Å². The lowest BCUT2D eigenvalue weighted by Gasteiger charge is -2.21. The molecule has 0 amide bonds. The van der Waals surface area contributed by atoms with Crippen LogP contribution in [0.15, 0.2) is 0 Å². The van der Waals surface area contributed by atoms with E-state index in [1.54, 1.807) is 4.68 Å². The van der Waals surface area contributed by atoms with Crippen molar-refractivity contribution in [2.45, 2.75) is 77.4 Å². The molecule has 1 heterocycles. The molecule has 1 aliphatic carbocycles. The first-order valence-corrected chi connectivity index (χ1v) is 7.73. The number of aromatic nitrogens is 4. The van der Waals surface area contributed by atoms with Crippen LogP contribution in [0.3, 0.4) is 0 Å². The van der Waals surface area contributed by atoms with Crippen molar-refractivity contribution in [3.8, 4) is 0 Å². The molecule has 107 valence electrons. The van der Waals surface area contributed by atoms with E-state index in [9.17, 15) is 5.11 Å². The Morgan fingerprint density at radius 2 is 1.84 bits per heavy atom. The van der Waals surface area contributed by atoms with E-state index in [1.165, 1.54) is 57.8 Å². The highest BCUT2D eigenvalue weighted by atomic mass is 16.3. The molecular weight excluding hydrogens is 240 g/mol. The molecule has 0 N–H and O–H groups in total. The van der Waals surface area contributed by atoms with E-state index < -0.39 is 0 Å². The Morgan fingerprint density at radius 3 is 2.63 bits per heavy atom. The summed E-state index contributed by atoms with van der Waals surface area (Å²) in [4.78, 5) is 0. The van der Waals surface area contributed by atoms with Crippen LogP contribution in [0.4, 0.5) is 0 Å². The first-order valence-electron chi connectivity index (χ1n) is 7.73. The molecule has 1 saturated carbocycles. The summed E-state index contributed by atoms with van der Waals surface area (Å²) in [7, 11) is 0. The van der Waals surface area contributed by atoms with Crippen molar-refractivity contribution in [2.75, 3.05) is 0 Å². The second-order valence-electron chi connectivity index (χ2n) is 5.67. The fraction of sp³-hybridized carbons (Fsp3) is 0.929. The van der Waals surface area contributed by atoms with E-state index in [0.29, 0.717) is 5.82 Å². The maximum atomic E-state index is 10.8. The van der Waals surface area contributed by atoms with Gasteiger partial charge in [0.05, 0.1) is 0 Å². The minimum Gasteiger partial charge on any atom is -0.228 e. The van der Waals surface area contributed by atoms with Gasteiger partial charge in [-0.3, -0.25) is 0 Å². The molecule has 1 aliphatic rings. The van der Waals surface area contributed by atoms with Crippen molar-refractivity contribution in [3.63, 3.8) is 0 Å². The van der Waals surface area contributed by atoms with Gasteiger partial charge in [-0.15, -0.1) is 5.10 Å². The summed E-state index contributed by atoms with van der Waals surface area (Å²) < 4.78 is 1.65. The van der Waals surface area contributed by atoms with Gasteiger partial charge in [0, 0.05) is 6.54 Å². The van der Waals surface area contributed by atoms with Gasteiger partial charge in [-0.2, -0.15) is 0 Å². The second kappa shape index (κ2) is 8.25. The molecular formula is C14H25N4O. The summed E-state index contributed by atoms with van der Waals surface area (Å²) in [6.07, 6.45) is 13.6. The van der Waals surface area contributed by atoms with Gasteiger partial charge in [-0.25, -0.2) is 9.79 Å². The van der Waals surface area contributed by atoms with Crippen molar-refractivity contribution in [3.05, 3.63) is 5.82 Å². The van der Waals surface area contributed by atoms with Crippen LogP contribution in [0.1, 0.15) is 70.0 Å². The molecule has 5 heteroatoms. The van der Waals surface area contributed by atoms with E-state index in [2.05, 4.69) is 15.5 Å². The van der Waals surface area contributed by atoms with E-state index >= 15 is 0 Å². The summed E-state index contributed by atoms with van der Waals surface area (Å²) in [6, 6.07) is 0. The van der Waals surface area contributed by atoms with Crippen LogP contribution in [0.5, 0.6) is 0 Å². The highest BCUT2D eigenvalue weighted by molar-refractivity contribution is 4.75. The lowest BCUT2D eigenvalue weighted by Crippen LogP contribution is -2.06. The lowest BCUT2D eigenvalue weighted by atomic mass is 9.85. The molecule has 1 aromatic heterocycles. The second-order valence-corrected chi connectivity index (χ2v) is 5.67. The van der Waals surface area contributed by atoms with Gasteiger partial charge in [0.1, 0.15) is 6.61 Å². The first kappa shape index (κ1) is 14.4. The number of unbranched alkanes of at least 4 members (excludes halogenated alkanes) is 3. The summed E-state index contributed by atoms with van der Waals surface area (Å²) in [5.74, 6) is 1.46. The Kier molecular flexibility index (Phi) is 6.27. The van der Waals surface area contributed by atoms with Crippen LogP contribution >= 0.6 is 0 Å². The van der Waals surface area contributed by atoms with Crippen molar-refractivity contribution in [1.29, 1.82) is 0 Å². The van der Waals surface area contributed by atoms with Crippen molar-refractivity contribution in [2.24, 2.45) is 5.92 Å². The third kappa shape index (κ3) is 4.90. The first-order chi connectivity index (χ1) is 9.40. The Bertz CT molecular complexity index is 347. The van der Waals surface area contributed by atoms with Crippen molar-refractivity contribution < 1.29 is 5.11 Å². The molecule has 1 radical (unpaired) electrons. The fourth-order valence-corrected chi connectivity index (χ4v) is 3.02. The summed E-state index contributed by atoms with van der Waals surface area (Å²) in [5, 5.41) is 21.8. The van der Waals surface area contributed by atoms with E-state index in [0.717, 1.165) is 18.9 Å². The van der Waals surface area contributed by atoms with Crippen molar-refractivity contribution >= 4 is 0 Å². The Labute approximate surface area is 115 Å². The average Bonchev–Trinajstić information content (AvgIpc) is 2.91. The van der Waals surface area contributed by atoms with Crippen LogP contribution < -0.4 is 0 Å². The van der Waals surface area contributed by atoms with Gasteiger partial charge in [0.25, 0.3) is 0 Å². The predicted octanol–water partition coefficient (Wildman–Crippen LogP) is 3.13. The maximum absolute atomic E-state index is 10.8. The van der Waals surface area contributed by atoms with Gasteiger partial charge < -0.3 is 0 Å². The fourth-order valence-electron chi connectivity index (χ4n) is 3.02. The molecule has 0 atom stereocenters. The van der Waals surface area contributed by atoms with Crippen LogP contribution in [0.25, 0.3) is 0 Å². The molecule has 0 unspecified atom stereocenters. The average molecular weight is 265 g/mol. The molecule has 1 aromatic rings. The molecule has 0 aliphatic heterocycles. The monoisotopic (exact) mass is 265 g/mol. The largest absolute Gasteiger partial charge is 0.228 e. The minimum absolute atomic E-state index is 0.325. The van der Waals surface area contributed by atoms with Gasteiger partial charge in [-0.1, -0.05) is 57.8 Å². The van der Waals surface area contributed by atoms with Gasteiger partial charge in [0.2, 0.25) is 0 Å².